The van der Waals surface area contributed by atoms with Crippen LogP contribution in [0.4, 0.5) is 4.39 Å². The van der Waals surface area contributed by atoms with Crippen LogP contribution in [-0.2, 0) is 0 Å². The van der Waals surface area contributed by atoms with Crippen LogP contribution in [0.1, 0.15) is 58.4 Å². The van der Waals surface area contributed by atoms with E-state index in [1.807, 2.05) is 6.07 Å². The molecule has 0 heterocycles. The van der Waals surface area contributed by atoms with Gasteiger partial charge in [0.15, 0.2) is 0 Å². The molecule has 0 radical (unpaired) electrons. The largest absolute Gasteiger partial charge is 0.316 e. The molecule has 0 saturated heterocycles. The van der Waals surface area contributed by atoms with E-state index in [0.29, 0.717) is 11.8 Å². The Kier molecular flexibility index (Phi) is 7.83. The van der Waals surface area contributed by atoms with Crippen molar-refractivity contribution < 1.29 is 4.39 Å². The molecule has 0 aliphatic carbocycles. The smallest absolute Gasteiger partial charge is 0.123 e. The molecule has 1 N–H and O–H groups in total. The van der Waals surface area contributed by atoms with Gasteiger partial charge in [0, 0.05) is 6.54 Å². The molecule has 0 aromatic heterocycles. The summed E-state index contributed by atoms with van der Waals surface area (Å²) in [7, 11) is 0. The van der Waals surface area contributed by atoms with Crippen molar-refractivity contribution in [1.29, 1.82) is 0 Å². The molecule has 0 spiro atoms. The monoisotopic (exact) mass is 279 g/mol. The Morgan fingerprint density at radius 1 is 1.00 bits per heavy atom. The maximum Gasteiger partial charge on any atom is 0.123 e. The zero-order chi connectivity index (χ0) is 15.0. The highest BCUT2D eigenvalue weighted by molar-refractivity contribution is 5.21. The van der Waals surface area contributed by atoms with Gasteiger partial charge in [-0.1, -0.05) is 52.7 Å². The molecule has 1 nitrogen and oxygen atoms in total. The summed E-state index contributed by atoms with van der Waals surface area (Å²) in [6.45, 7) is 10.9. The topological polar surface area (TPSA) is 12.0 Å². The average Bonchev–Trinajstić information content (AvgIpc) is 2.36. The summed E-state index contributed by atoms with van der Waals surface area (Å²) >= 11 is 0. The fourth-order valence-corrected chi connectivity index (χ4v) is 2.47. The third kappa shape index (κ3) is 7.04. The van der Waals surface area contributed by atoms with Gasteiger partial charge in [0.1, 0.15) is 5.82 Å². The van der Waals surface area contributed by atoms with Crippen molar-refractivity contribution in [2.24, 2.45) is 11.8 Å². The van der Waals surface area contributed by atoms with Gasteiger partial charge in [-0.05, 0) is 48.4 Å². The van der Waals surface area contributed by atoms with E-state index in [1.165, 1.54) is 18.9 Å². The Morgan fingerprint density at radius 2 is 1.75 bits per heavy atom. The first-order chi connectivity index (χ1) is 9.49. The van der Waals surface area contributed by atoms with Crippen LogP contribution >= 0.6 is 0 Å². The van der Waals surface area contributed by atoms with Crippen molar-refractivity contribution in [2.45, 2.75) is 52.9 Å². The molecule has 0 saturated carbocycles. The van der Waals surface area contributed by atoms with Gasteiger partial charge in [-0.2, -0.15) is 0 Å². The van der Waals surface area contributed by atoms with E-state index >= 15 is 0 Å². The van der Waals surface area contributed by atoms with E-state index in [2.05, 4.69) is 39.1 Å². The number of hydrogen-bond acceptors (Lipinski definition) is 1. The van der Waals surface area contributed by atoms with Crippen LogP contribution in [0.25, 0.3) is 0 Å². The lowest BCUT2D eigenvalue weighted by Gasteiger charge is -2.19. The first-order valence-electron chi connectivity index (χ1n) is 7.95. The zero-order valence-corrected chi connectivity index (χ0v) is 13.5. The molecular weight excluding hydrogens is 249 g/mol. The van der Waals surface area contributed by atoms with E-state index in [0.717, 1.165) is 31.0 Å². The number of nitrogens with one attached hydrogen (secondary N) is 1. The molecule has 0 aliphatic rings. The number of hydrogen-bond donors (Lipinski definition) is 1. The Morgan fingerprint density at radius 3 is 2.35 bits per heavy atom. The van der Waals surface area contributed by atoms with Gasteiger partial charge in [-0.15, -0.1) is 0 Å². The Balaban J connectivity index is 2.58. The molecule has 1 unspecified atom stereocenters. The molecule has 0 fully saturated rings. The molecule has 0 amide bonds. The summed E-state index contributed by atoms with van der Waals surface area (Å²) in [5.74, 6) is 1.69. The van der Waals surface area contributed by atoms with Gasteiger partial charge in [0.2, 0.25) is 0 Å². The van der Waals surface area contributed by atoms with E-state index in [1.54, 1.807) is 6.07 Å². The molecule has 20 heavy (non-hydrogen) atoms. The normalized spacial score (nSPS) is 13.2. The molecule has 1 aromatic carbocycles. The Labute approximate surface area is 124 Å². The van der Waals surface area contributed by atoms with Crippen molar-refractivity contribution >= 4 is 0 Å². The first-order valence-corrected chi connectivity index (χ1v) is 7.95. The fraction of sp³-hybridized carbons (Fsp3) is 0.667. The van der Waals surface area contributed by atoms with Crippen LogP contribution in [0.5, 0.6) is 0 Å². The predicted octanol–water partition coefficient (Wildman–Crippen LogP) is 4.98. The van der Waals surface area contributed by atoms with Gasteiger partial charge in [-0.3, -0.25) is 0 Å². The number of benzene rings is 1. The van der Waals surface area contributed by atoms with Gasteiger partial charge < -0.3 is 5.32 Å². The zero-order valence-electron chi connectivity index (χ0n) is 13.5. The summed E-state index contributed by atoms with van der Waals surface area (Å²) in [4.78, 5) is 0. The quantitative estimate of drug-likeness (QED) is 0.672. The van der Waals surface area contributed by atoms with Crippen molar-refractivity contribution in [3.63, 3.8) is 0 Å². The fourth-order valence-electron chi connectivity index (χ4n) is 2.47. The minimum absolute atomic E-state index is 0.125. The minimum Gasteiger partial charge on any atom is -0.316 e. The second-order valence-electron chi connectivity index (χ2n) is 6.63. The van der Waals surface area contributed by atoms with Crippen LogP contribution in [0.2, 0.25) is 0 Å². The van der Waals surface area contributed by atoms with Gasteiger partial charge in [-0.25, -0.2) is 4.39 Å². The SMILES string of the molecule is CC(C)CCCC(CNCC(C)C)c1cccc(F)c1. The Bertz CT molecular complexity index is 359. The lowest BCUT2D eigenvalue weighted by Crippen LogP contribution is -2.25. The van der Waals surface area contributed by atoms with Gasteiger partial charge in [0.05, 0.1) is 0 Å². The minimum atomic E-state index is -0.125. The molecule has 1 atom stereocenters. The summed E-state index contributed by atoms with van der Waals surface area (Å²) in [6, 6.07) is 7.09. The van der Waals surface area contributed by atoms with Crippen molar-refractivity contribution in [2.75, 3.05) is 13.1 Å². The second kappa shape index (κ2) is 9.12. The first kappa shape index (κ1) is 17.2. The maximum atomic E-state index is 13.4. The van der Waals surface area contributed by atoms with E-state index < -0.39 is 0 Å². The third-order valence-corrected chi connectivity index (χ3v) is 3.60. The maximum absolute atomic E-state index is 13.4. The standard InChI is InChI=1S/C18H30FN/c1-14(2)7-5-9-17(13-20-12-15(3)4)16-8-6-10-18(19)11-16/h6,8,10-11,14-15,17,20H,5,7,9,12-13H2,1-4H3. The Hall–Kier alpha value is -0.890. The van der Waals surface area contributed by atoms with E-state index in [-0.39, 0.29) is 5.82 Å². The lowest BCUT2D eigenvalue weighted by atomic mass is 9.91. The highest BCUT2D eigenvalue weighted by Gasteiger charge is 2.12. The van der Waals surface area contributed by atoms with Crippen LogP contribution < -0.4 is 5.32 Å². The van der Waals surface area contributed by atoms with Crippen molar-refractivity contribution in [1.82, 2.24) is 5.32 Å². The van der Waals surface area contributed by atoms with Crippen molar-refractivity contribution in [3.8, 4) is 0 Å². The molecule has 114 valence electrons. The molecule has 1 rings (SSSR count). The van der Waals surface area contributed by atoms with Crippen LogP contribution in [0.15, 0.2) is 24.3 Å². The van der Waals surface area contributed by atoms with Crippen molar-refractivity contribution in [3.05, 3.63) is 35.6 Å². The second-order valence-corrected chi connectivity index (χ2v) is 6.63. The molecule has 2 heteroatoms. The van der Waals surface area contributed by atoms with Gasteiger partial charge >= 0.3 is 0 Å². The third-order valence-electron chi connectivity index (χ3n) is 3.60. The number of rotatable bonds is 9. The summed E-state index contributed by atoms with van der Waals surface area (Å²) < 4.78 is 13.4. The van der Waals surface area contributed by atoms with Crippen LogP contribution in [-0.4, -0.2) is 13.1 Å². The lowest BCUT2D eigenvalue weighted by molar-refractivity contribution is 0.462. The molecular formula is C18H30FN. The summed E-state index contributed by atoms with van der Waals surface area (Å²) in [6.07, 6.45) is 3.59. The predicted molar refractivity (Wildman–Crippen MR) is 85.5 cm³/mol. The molecule has 0 bridgehead atoms. The summed E-state index contributed by atoms with van der Waals surface area (Å²) in [5, 5.41) is 3.52. The number of halogens is 1. The van der Waals surface area contributed by atoms with Gasteiger partial charge in [0.25, 0.3) is 0 Å². The van der Waals surface area contributed by atoms with Crippen LogP contribution in [0.3, 0.4) is 0 Å². The average molecular weight is 279 g/mol. The van der Waals surface area contributed by atoms with Crippen LogP contribution in [0, 0.1) is 17.7 Å². The molecule has 1 aromatic rings. The highest BCUT2D eigenvalue weighted by atomic mass is 19.1. The molecule has 0 aliphatic heterocycles. The van der Waals surface area contributed by atoms with E-state index in [4.69, 9.17) is 0 Å². The highest BCUT2D eigenvalue weighted by Crippen LogP contribution is 2.23. The summed E-state index contributed by atoms with van der Waals surface area (Å²) in [5.41, 5.74) is 1.13. The van der Waals surface area contributed by atoms with E-state index in [9.17, 15) is 4.39 Å².